The van der Waals surface area contributed by atoms with Crippen LogP contribution in [-0.4, -0.2) is 55.0 Å². The van der Waals surface area contributed by atoms with Crippen LogP contribution in [0.1, 0.15) is 12.5 Å². The quantitative estimate of drug-likeness (QED) is 0.850. The minimum atomic E-state index is -0.0417. The fourth-order valence-electron chi connectivity index (χ4n) is 2.61. The lowest BCUT2D eigenvalue weighted by Gasteiger charge is -2.39. The number of likely N-dealkylation sites (N-methyl/N-ethyl adjacent to an activating group) is 1. The summed E-state index contributed by atoms with van der Waals surface area (Å²) in [5.41, 5.74) is 7.97. The van der Waals surface area contributed by atoms with Gasteiger partial charge in [-0.1, -0.05) is 12.1 Å². The van der Waals surface area contributed by atoms with Crippen molar-refractivity contribution in [2.75, 3.05) is 38.5 Å². The molecular formula is C15H24N4O. The van der Waals surface area contributed by atoms with Crippen LogP contribution < -0.4 is 11.1 Å². The van der Waals surface area contributed by atoms with Gasteiger partial charge >= 0.3 is 0 Å². The van der Waals surface area contributed by atoms with E-state index in [0.29, 0.717) is 12.6 Å². The van der Waals surface area contributed by atoms with Gasteiger partial charge < -0.3 is 16.0 Å². The zero-order chi connectivity index (χ0) is 14.5. The average Bonchev–Trinajstić information content (AvgIpc) is 2.42. The third kappa shape index (κ3) is 4.03. The fourth-order valence-corrected chi connectivity index (χ4v) is 2.61. The van der Waals surface area contributed by atoms with Crippen LogP contribution in [0.2, 0.25) is 0 Å². The molecule has 5 nitrogen and oxygen atoms in total. The van der Waals surface area contributed by atoms with E-state index in [0.717, 1.165) is 31.9 Å². The molecule has 0 spiro atoms. The summed E-state index contributed by atoms with van der Waals surface area (Å²) in [6.45, 7) is 6.28. The van der Waals surface area contributed by atoms with Crippen molar-refractivity contribution in [1.82, 2.24) is 9.80 Å². The number of carbonyl (C=O) groups excluding carboxylic acids is 1. The van der Waals surface area contributed by atoms with Crippen LogP contribution in [0.3, 0.4) is 0 Å². The highest BCUT2D eigenvalue weighted by molar-refractivity contribution is 5.88. The molecule has 1 saturated heterocycles. The van der Waals surface area contributed by atoms with Crippen molar-refractivity contribution in [2.45, 2.75) is 19.5 Å². The van der Waals surface area contributed by atoms with Crippen LogP contribution in [0.5, 0.6) is 0 Å². The first-order valence-electron chi connectivity index (χ1n) is 7.07. The van der Waals surface area contributed by atoms with E-state index in [4.69, 9.17) is 5.73 Å². The van der Waals surface area contributed by atoms with Gasteiger partial charge in [0, 0.05) is 51.4 Å². The van der Waals surface area contributed by atoms with E-state index in [1.165, 1.54) is 12.5 Å². The van der Waals surface area contributed by atoms with Gasteiger partial charge in [-0.15, -0.1) is 0 Å². The van der Waals surface area contributed by atoms with Gasteiger partial charge in [0.15, 0.2) is 0 Å². The van der Waals surface area contributed by atoms with Gasteiger partial charge in [-0.05, 0) is 24.7 Å². The predicted molar refractivity (Wildman–Crippen MR) is 81.5 cm³/mol. The van der Waals surface area contributed by atoms with Crippen LogP contribution in [0.25, 0.3) is 0 Å². The van der Waals surface area contributed by atoms with Crippen LogP contribution >= 0.6 is 0 Å². The minimum Gasteiger partial charge on any atom is -0.329 e. The molecule has 110 valence electrons. The van der Waals surface area contributed by atoms with Crippen molar-refractivity contribution in [1.29, 1.82) is 0 Å². The van der Waals surface area contributed by atoms with Crippen LogP contribution in [0.15, 0.2) is 24.3 Å². The van der Waals surface area contributed by atoms with Crippen LogP contribution in [0.4, 0.5) is 5.69 Å². The average molecular weight is 276 g/mol. The summed E-state index contributed by atoms with van der Waals surface area (Å²) in [4.78, 5) is 15.8. The van der Waals surface area contributed by atoms with E-state index in [1.54, 1.807) is 0 Å². The Balaban J connectivity index is 1.96. The summed E-state index contributed by atoms with van der Waals surface area (Å²) in [5.74, 6) is -0.0417. The smallest absolute Gasteiger partial charge is 0.221 e. The first-order chi connectivity index (χ1) is 9.58. The highest BCUT2D eigenvalue weighted by Gasteiger charge is 2.23. The summed E-state index contributed by atoms with van der Waals surface area (Å²) in [5, 5.41) is 2.78. The summed E-state index contributed by atoms with van der Waals surface area (Å²) in [7, 11) is 2.14. The summed E-state index contributed by atoms with van der Waals surface area (Å²) >= 11 is 0. The largest absolute Gasteiger partial charge is 0.329 e. The fraction of sp³-hybridized carbons (Fsp3) is 0.533. The molecule has 3 N–H and O–H groups in total. The molecule has 0 aromatic heterocycles. The number of anilines is 1. The number of benzene rings is 1. The highest BCUT2D eigenvalue weighted by Crippen LogP contribution is 2.15. The van der Waals surface area contributed by atoms with E-state index in [1.807, 2.05) is 12.1 Å². The maximum atomic E-state index is 11.0. The molecule has 1 aliphatic heterocycles. The summed E-state index contributed by atoms with van der Waals surface area (Å²) in [6, 6.07) is 8.45. The molecule has 2 rings (SSSR count). The van der Waals surface area contributed by atoms with Crippen molar-refractivity contribution >= 4 is 11.6 Å². The molecule has 1 aromatic carbocycles. The molecule has 1 atom stereocenters. The topological polar surface area (TPSA) is 61.6 Å². The molecule has 20 heavy (non-hydrogen) atoms. The number of amides is 1. The van der Waals surface area contributed by atoms with Gasteiger partial charge in [0.05, 0.1) is 0 Å². The number of piperazine rings is 1. The monoisotopic (exact) mass is 276 g/mol. The second kappa shape index (κ2) is 6.83. The first kappa shape index (κ1) is 15.0. The minimum absolute atomic E-state index is 0.0417. The zero-order valence-corrected chi connectivity index (χ0v) is 12.3. The zero-order valence-electron chi connectivity index (χ0n) is 12.3. The van der Waals surface area contributed by atoms with Crippen molar-refractivity contribution in [2.24, 2.45) is 5.73 Å². The first-order valence-corrected chi connectivity index (χ1v) is 7.07. The maximum absolute atomic E-state index is 11.0. The molecule has 1 amide bonds. The van der Waals surface area contributed by atoms with Gasteiger partial charge in [0.25, 0.3) is 0 Å². The number of nitrogens with zero attached hydrogens (tertiary/aromatic N) is 2. The Bertz CT molecular complexity index is 446. The molecule has 1 fully saturated rings. The van der Waals surface area contributed by atoms with E-state index < -0.39 is 0 Å². The van der Waals surface area contributed by atoms with Crippen LogP contribution in [0, 0.1) is 0 Å². The molecule has 0 bridgehead atoms. The summed E-state index contributed by atoms with van der Waals surface area (Å²) in [6.07, 6.45) is 0. The number of nitrogens with one attached hydrogen (secondary N) is 1. The van der Waals surface area contributed by atoms with Gasteiger partial charge in [0.2, 0.25) is 5.91 Å². The second-order valence-corrected chi connectivity index (χ2v) is 5.50. The lowest BCUT2D eigenvalue weighted by atomic mass is 10.1. The third-order valence-electron chi connectivity index (χ3n) is 3.74. The Morgan fingerprint density at radius 2 is 2.05 bits per heavy atom. The molecule has 1 aliphatic rings. The lowest BCUT2D eigenvalue weighted by molar-refractivity contribution is -0.114. The lowest BCUT2D eigenvalue weighted by Crippen LogP contribution is -2.54. The van der Waals surface area contributed by atoms with Gasteiger partial charge in [-0.3, -0.25) is 9.69 Å². The normalized spacial score (nSPS) is 20.9. The summed E-state index contributed by atoms with van der Waals surface area (Å²) < 4.78 is 0. The highest BCUT2D eigenvalue weighted by atomic mass is 16.1. The molecule has 1 aromatic rings. The number of hydrogen-bond acceptors (Lipinski definition) is 4. The maximum Gasteiger partial charge on any atom is 0.221 e. The molecule has 5 heteroatoms. The molecule has 1 unspecified atom stereocenters. The SMILES string of the molecule is CC(=O)Nc1ccc(CN2CCN(C)CC2CN)cc1. The van der Waals surface area contributed by atoms with Crippen molar-refractivity contribution < 1.29 is 4.79 Å². The van der Waals surface area contributed by atoms with E-state index in [-0.39, 0.29) is 5.91 Å². The number of nitrogens with two attached hydrogens (primary N) is 1. The van der Waals surface area contributed by atoms with Gasteiger partial charge in [0.1, 0.15) is 0 Å². The Kier molecular flexibility index (Phi) is 5.11. The van der Waals surface area contributed by atoms with Crippen molar-refractivity contribution in [3.05, 3.63) is 29.8 Å². The molecular weight excluding hydrogens is 252 g/mol. The van der Waals surface area contributed by atoms with Crippen LogP contribution in [-0.2, 0) is 11.3 Å². The standard InChI is InChI=1S/C15H24N4O/c1-12(20)17-14-5-3-13(4-6-14)10-19-8-7-18(2)11-15(19)9-16/h3-6,15H,7-11,16H2,1-2H3,(H,17,20). The molecule has 1 heterocycles. The second-order valence-electron chi connectivity index (χ2n) is 5.50. The Morgan fingerprint density at radius 1 is 1.35 bits per heavy atom. The predicted octanol–water partition coefficient (Wildman–Crippen LogP) is 0.720. The molecule has 0 saturated carbocycles. The van der Waals surface area contributed by atoms with E-state index in [2.05, 4.69) is 34.3 Å². The Labute approximate surface area is 120 Å². The third-order valence-corrected chi connectivity index (χ3v) is 3.74. The van der Waals surface area contributed by atoms with E-state index in [9.17, 15) is 4.79 Å². The van der Waals surface area contributed by atoms with E-state index >= 15 is 0 Å². The van der Waals surface area contributed by atoms with Gasteiger partial charge in [-0.25, -0.2) is 0 Å². The Hall–Kier alpha value is -1.43. The van der Waals surface area contributed by atoms with Crippen molar-refractivity contribution in [3.8, 4) is 0 Å². The molecule has 0 aliphatic carbocycles. The Morgan fingerprint density at radius 3 is 2.65 bits per heavy atom. The number of carbonyl (C=O) groups is 1. The van der Waals surface area contributed by atoms with Crippen molar-refractivity contribution in [3.63, 3.8) is 0 Å². The number of rotatable bonds is 4. The molecule has 0 radical (unpaired) electrons. The van der Waals surface area contributed by atoms with Gasteiger partial charge in [-0.2, -0.15) is 0 Å². The number of hydrogen-bond donors (Lipinski definition) is 2.